The summed E-state index contributed by atoms with van der Waals surface area (Å²) in [4.78, 5) is 14.4. The molecule has 122 valence electrons. The quantitative estimate of drug-likeness (QED) is 0.700. The zero-order valence-electron chi connectivity index (χ0n) is 13.5. The van der Waals surface area contributed by atoms with Gasteiger partial charge in [0.1, 0.15) is 11.4 Å². The summed E-state index contributed by atoms with van der Waals surface area (Å²) in [5, 5.41) is 0.944. The second-order valence-corrected chi connectivity index (χ2v) is 6.33. The Balaban J connectivity index is 1.66. The van der Waals surface area contributed by atoms with Gasteiger partial charge in [0.15, 0.2) is 0 Å². The lowest BCUT2D eigenvalue weighted by Gasteiger charge is -2.29. The highest BCUT2D eigenvalue weighted by Gasteiger charge is 2.26. The smallest absolute Gasteiger partial charge is 0.231 e. The van der Waals surface area contributed by atoms with Crippen molar-refractivity contribution in [3.63, 3.8) is 0 Å². The van der Waals surface area contributed by atoms with Crippen LogP contribution in [0.5, 0.6) is 0 Å². The average Bonchev–Trinajstić information content (AvgIpc) is 2.96. The molecule has 1 aliphatic rings. The minimum absolute atomic E-state index is 0.0932. The maximum atomic E-state index is 14.2. The zero-order valence-corrected chi connectivity index (χ0v) is 13.5. The van der Waals surface area contributed by atoms with E-state index in [2.05, 4.69) is 0 Å². The van der Waals surface area contributed by atoms with Gasteiger partial charge in [-0.2, -0.15) is 0 Å². The first-order valence-electron chi connectivity index (χ1n) is 8.18. The van der Waals surface area contributed by atoms with Crippen molar-refractivity contribution in [3.05, 3.63) is 65.2 Å². The van der Waals surface area contributed by atoms with E-state index in [1.165, 1.54) is 6.07 Å². The number of aryl methyl sites for hydroxylation is 2. The van der Waals surface area contributed by atoms with Crippen molar-refractivity contribution in [1.29, 1.82) is 0 Å². The molecular weight excluding hydrogens is 305 g/mol. The number of halogens is 1. The molecule has 0 saturated heterocycles. The molecule has 0 saturated carbocycles. The topological polar surface area (TPSA) is 33.5 Å². The number of hydrogen-bond donors (Lipinski definition) is 0. The Morgan fingerprint density at radius 2 is 2.17 bits per heavy atom. The van der Waals surface area contributed by atoms with Crippen molar-refractivity contribution in [1.82, 2.24) is 0 Å². The summed E-state index contributed by atoms with van der Waals surface area (Å²) in [5.74, 6) is -0.419. The van der Waals surface area contributed by atoms with Crippen LogP contribution in [-0.2, 0) is 17.6 Å². The van der Waals surface area contributed by atoms with Crippen LogP contribution in [0, 0.1) is 12.7 Å². The fourth-order valence-corrected chi connectivity index (χ4v) is 3.44. The number of hydrogen-bond acceptors (Lipinski definition) is 2. The molecule has 3 nitrogen and oxygen atoms in total. The van der Waals surface area contributed by atoms with Crippen molar-refractivity contribution in [2.24, 2.45) is 0 Å². The zero-order chi connectivity index (χ0) is 16.7. The molecule has 2 heterocycles. The van der Waals surface area contributed by atoms with Crippen LogP contribution in [0.1, 0.15) is 23.1 Å². The van der Waals surface area contributed by atoms with Gasteiger partial charge in [0.05, 0.1) is 18.4 Å². The molecule has 1 amide bonds. The molecule has 0 fully saturated rings. The molecule has 2 aromatic carbocycles. The molecule has 0 aliphatic carbocycles. The SMILES string of the molecule is Cc1ccc2c(CC(=O)N3CCCc4cccc(F)c43)coc2c1. The molecule has 0 N–H and O–H groups in total. The number of carbonyl (C=O) groups is 1. The fourth-order valence-electron chi connectivity index (χ4n) is 3.44. The summed E-state index contributed by atoms with van der Waals surface area (Å²) in [6.07, 6.45) is 3.51. The number of nitrogens with zero attached hydrogens (tertiary/aromatic N) is 1. The van der Waals surface area contributed by atoms with Crippen LogP contribution in [0.25, 0.3) is 11.0 Å². The highest BCUT2D eigenvalue weighted by Crippen LogP contribution is 2.31. The van der Waals surface area contributed by atoms with Gasteiger partial charge in [0, 0.05) is 17.5 Å². The molecular formula is C20H18FNO2. The molecule has 1 aromatic heterocycles. The summed E-state index contributed by atoms with van der Waals surface area (Å²) < 4.78 is 19.8. The van der Waals surface area contributed by atoms with Crippen molar-refractivity contribution in [3.8, 4) is 0 Å². The molecule has 1 aliphatic heterocycles. The molecule has 0 radical (unpaired) electrons. The third kappa shape index (κ3) is 2.48. The number of carbonyl (C=O) groups excluding carboxylic acids is 1. The molecule has 0 spiro atoms. The lowest BCUT2D eigenvalue weighted by Crippen LogP contribution is -2.37. The van der Waals surface area contributed by atoms with E-state index in [1.807, 2.05) is 31.2 Å². The summed E-state index contributed by atoms with van der Waals surface area (Å²) in [6.45, 7) is 2.56. The van der Waals surface area contributed by atoms with E-state index >= 15 is 0 Å². The van der Waals surface area contributed by atoms with Gasteiger partial charge in [0.25, 0.3) is 0 Å². The molecule has 3 aromatic rings. The number of rotatable bonds is 2. The number of anilines is 1. The summed E-state index contributed by atoms with van der Waals surface area (Å²) in [7, 11) is 0. The molecule has 4 rings (SSSR count). The molecule has 0 unspecified atom stereocenters. The first-order valence-corrected chi connectivity index (χ1v) is 8.18. The van der Waals surface area contributed by atoms with Crippen molar-refractivity contribution in [2.75, 3.05) is 11.4 Å². The van der Waals surface area contributed by atoms with Gasteiger partial charge in [-0.15, -0.1) is 0 Å². The van der Waals surface area contributed by atoms with E-state index in [1.54, 1.807) is 17.2 Å². The highest BCUT2D eigenvalue weighted by atomic mass is 19.1. The second-order valence-electron chi connectivity index (χ2n) is 6.33. The largest absolute Gasteiger partial charge is 0.464 e. The third-order valence-corrected chi connectivity index (χ3v) is 4.62. The molecule has 4 heteroatoms. The Morgan fingerprint density at radius 3 is 3.04 bits per heavy atom. The fraction of sp³-hybridized carbons (Fsp3) is 0.250. The van der Waals surface area contributed by atoms with Crippen molar-refractivity contribution >= 4 is 22.6 Å². The van der Waals surface area contributed by atoms with E-state index in [4.69, 9.17) is 4.42 Å². The highest BCUT2D eigenvalue weighted by molar-refractivity contribution is 5.98. The van der Waals surface area contributed by atoms with E-state index in [-0.39, 0.29) is 18.1 Å². The van der Waals surface area contributed by atoms with Gasteiger partial charge in [-0.25, -0.2) is 4.39 Å². The summed E-state index contributed by atoms with van der Waals surface area (Å²) in [6, 6.07) is 10.9. The van der Waals surface area contributed by atoms with E-state index in [9.17, 15) is 9.18 Å². The van der Waals surface area contributed by atoms with Crippen LogP contribution in [0.15, 0.2) is 47.1 Å². The molecule has 0 bridgehead atoms. The normalized spacial score (nSPS) is 14.0. The Kier molecular flexibility index (Phi) is 3.60. The minimum Gasteiger partial charge on any atom is -0.464 e. The van der Waals surface area contributed by atoms with Crippen LogP contribution in [0.3, 0.4) is 0 Å². The average molecular weight is 323 g/mol. The van der Waals surface area contributed by atoms with Gasteiger partial charge in [-0.05, 0) is 43.0 Å². The molecule has 0 atom stereocenters. The number of para-hydroxylation sites is 1. The first kappa shape index (κ1) is 14.9. The Morgan fingerprint density at radius 1 is 1.29 bits per heavy atom. The van der Waals surface area contributed by atoms with Gasteiger partial charge < -0.3 is 9.32 Å². The van der Waals surface area contributed by atoms with Crippen LogP contribution in [0.4, 0.5) is 10.1 Å². The van der Waals surface area contributed by atoms with Crippen molar-refractivity contribution in [2.45, 2.75) is 26.2 Å². The van der Waals surface area contributed by atoms with Crippen LogP contribution < -0.4 is 4.90 Å². The monoisotopic (exact) mass is 323 g/mol. The predicted molar refractivity (Wildman–Crippen MR) is 91.7 cm³/mol. The Bertz CT molecular complexity index is 929. The Labute approximate surface area is 139 Å². The number of benzene rings is 2. The summed E-state index contributed by atoms with van der Waals surface area (Å²) >= 11 is 0. The minimum atomic E-state index is -0.326. The predicted octanol–water partition coefficient (Wildman–Crippen LogP) is 4.40. The van der Waals surface area contributed by atoms with Gasteiger partial charge in [-0.1, -0.05) is 24.3 Å². The van der Waals surface area contributed by atoms with Crippen LogP contribution >= 0.6 is 0 Å². The maximum absolute atomic E-state index is 14.2. The number of amides is 1. The summed E-state index contributed by atoms with van der Waals surface area (Å²) in [5.41, 5.74) is 4.09. The lowest BCUT2D eigenvalue weighted by atomic mass is 10.00. The van der Waals surface area contributed by atoms with Gasteiger partial charge >= 0.3 is 0 Å². The van der Waals surface area contributed by atoms with Gasteiger partial charge in [-0.3, -0.25) is 4.79 Å². The van der Waals surface area contributed by atoms with Crippen LogP contribution in [-0.4, -0.2) is 12.5 Å². The standard InChI is InChI=1S/C20H18FNO2/c1-13-7-8-16-15(12-24-18(16)10-13)11-19(23)22-9-3-5-14-4-2-6-17(21)20(14)22/h2,4,6-8,10,12H,3,5,9,11H2,1H3. The first-order chi connectivity index (χ1) is 11.6. The number of furan rings is 1. The third-order valence-electron chi connectivity index (χ3n) is 4.62. The maximum Gasteiger partial charge on any atom is 0.231 e. The van der Waals surface area contributed by atoms with E-state index < -0.39 is 0 Å². The van der Waals surface area contributed by atoms with Gasteiger partial charge in [0.2, 0.25) is 5.91 Å². The Hall–Kier alpha value is -2.62. The van der Waals surface area contributed by atoms with E-state index in [0.29, 0.717) is 12.2 Å². The van der Waals surface area contributed by atoms with Crippen molar-refractivity contribution < 1.29 is 13.6 Å². The number of fused-ring (bicyclic) bond motifs is 2. The second kappa shape index (κ2) is 5.78. The van der Waals surface area contributed by atoms with E-state index in [0.717, 1.165) is 40.5 Å². The molecule has 24 heavy (non-hydrogen) atoms. The van der Waals surface area contributed by atoms with Crippen LogP contribution in [0.2, 0.25) is 0 Å². The lowest BCUT2D eigenvalue weighted by molar-refractivity contribution is -0.118.